The fourth-order valence-corrected chi connectivity index (χ4v) is 2.24. The summed E-state index contributed by atoms with van der Waals surface area (Å²) in [4.78, 5) is 0. The predicted molar refractivity (Wildman–Crippen MR) is 114 cm³/mol. The molecule has 0 spiro atoms. The van der Waals surface area contributed by atoms with E-state index in [0.717, 1.165) is 12.8 Å². The summed E-state index contributed by atoms with van der Waals surface area (Å²) in [7, 11) is 0. The zero-order chi connectivity index (χ0) is 16.0. The summed E-state index contributed by atoms with van der Waals surface area (Å²) in [5.74, 6) is 0. The van der Waals surface area contributed by atoms with Gasteiger partial charge >= 0.3 is 0 Å². The molecular weight excluding hydrogens is 288 g/mol. The molecule has 0 unspecified atom stereocenters. The molecule has 2 aliphatic rings. The van der Waals surface area contributed by atoms with Gasteiger partial charge in [0.25, 0.3) is 0 Å². The maximum Gasteiger partial charge on any atom is -0.0133 e. The fraction of sp³-hybridized carbons (Fsp3) is 0.417. The SMILES string of the molecule is C.C.CCC1=CC=CC1.CCC1=CCC=C1.CCc1ccccc1. The molecule has 0 saturated carbocycles. The number of benzene rings is 1. The van der Waals surface area contributed by atoms with E-state index in [1.165, 1.54) is 30.4 Å². The van der Waals surface area contributed by atoms with E-state index in [2.05, 4.69) is 81.5 Å². The molecule has 0 saturated heterocycles. The number of hydrogen-bond acceptors (Lipinski definition) is 0. The van der Waals surface area contributed by atoms with E-state index in [9.17, 15) is 0 Å². The van der Waals surface area contributed by atoms with Gasteiger partial charge in [0, 0.05) is 0 Å². The molecule has 0 nitrogen and oxygen atoms in total. The Balaban J connectivity index is 0. The van der Waals surface area contributed by atoms with Crippen LogP contribution in [0.4, 0.5) is 0 Å². The number of rotatable bonds is 3. The van der Waals surface area contributed by atoms with Gasteiger partial charge in [0.2, 0.25) is 0 Å². The summed E-state index contributed by atoms with van der Waals surface area (Å²) in [6.45, 7) is 6.54. The van der Waals surface area contributed by atoms with Gasteiger partial charge in [-0.3, -0.25) is 0 Å². The molecule has 0 aromatic heterocycles. The van der Waals surface area contributed by atoms with E-state index in [4.69, 9.17) is 0 Å². The molecule has 0 atom stereocenters. The first-order valence-electron chi connectivity index (χ1n) is 8.54. The van der Waals surface area contributed by atoms with Crippen LogP contribution in [-0.2, 0) is 6.42 Å². The predicted octanol–water partition coefficient (Wildman–Crippen LogP) is 8.09. The van der Waals surface area contributed by atoms with E-state index in [1.54, 1.807) is 5.57 Å². The van der Waals surface area contributed by atoms with Crippen molar-refractivity contribution in [3.8, 4) is 0 Å². The van der Waals surface area contributed by atoms with Crippen molar-refractivity contribution in [3.05, 3.63) is 83.5 Å². The van der Waals surface area contributed by atoms with Crippen molar-refractivity contribution in [3.63, 3.8) is 0 Å². The molecule has 24 heavy (non-hydrogen) atoms. The minimum atomic E-state index is 0. The highest BCUT2D eigenvalue weighted by molar-refractivity contribution is 5.25. The lowest BCUT2D eigenvalue weighted by Crippen LogP contribution is -1.73. The first-order valence-corrected chi connectivity index (χ1v) is 8.54. The van der Waals surface area contributed by atoms with E-state index >= 15 is 0 Å². The first kappa shape index (κ1) is 24.4. The molecule has 1 aromatic rings. The van der Waals surface area contributed by atoms with Gasteiger partial charge in [0.05, 0.1) is 0 Å². The largest absolute Gasteiger partial charge is 0.0805 e. The molecule has 134 valence electrons. The van der Waals surface area contributed by atoms with Gasteiger partial charge < -0.3 is 0 Å². The van der Waals surface area contributed by atoms with Gasteiger partial charge in [-0.1, -0.05) is 114 Å². The van der Waals surface area contributed by atoms with Gasteiger partial charge in [0.1, 0.15) is 0 Å². The van der Waals surface area contributed by atoms with Crippen LogP contribution in [-0.4, -0.2) is 0 Å². The molecule has 0 aliphatic heterocycles. The zero-order valence-corrected chi connectivity index (χ0v) is 14.4. The van der Waals surface area contributed by atoms with Crippen molar-refractivity contribution in [1.82, 2.24) is 0 Å². The summed E-state index contributed by atoms with van der Waals surface area (Å²) in [6.07, 6.45) is 19.1. The second-order valence-corrected chi connectivity index (χ2v) is 5.42. The highest BCUT2D eigenvalue weighted by atomic mass is 14.0. The maximum atomic E-state index is 2.26. The summed E-state index contributed by atoms with van der Waals surface area (Å²) in [5, 5.41) is 0. The third-order valence-electron chi connectivity index (χ3n) is 3.81. The smallest absolute Gasteiger partial charge is 0.0133 e. The highest BCUT2D eigenvalue weighted by Crippen LogP contribution is 2.12. The molecule has 0 radical (unpaired) electrons. The Bertz CT molecular complexity index is 512. The van der Waals surface area contributed by atoms with Gasteiger partial charge in [-0.2, -0.15) is 0 Å². The van der Waals surface area contributed by atoms with Crippen LogP contribution in [0.5, 0.6) is 0 Å². The number of hydrogen-bond donors (Lipinski definition) is 0. The summed E-state index contributed by atoms with van der Waals surface area (Å²) in [5.41, 5.74) is 4.45. The minimum Gasteiger partial charge on any atom is -0.0805 e. The van der Waals surface area contributed by atoms with E-state index < -0.39 is 0 Å². The maximum absolute atomic E-state index is 2.26. The standard InChI is InChI=1S/C8H10.2C7H10.2CH4/c1-2-8-6-4-3-5-7-8;2*1-2-7-5-3-4-6-7;;/h3-7H,2H2,1H3;3,5-6H,2,4H2,1H3;3-5H,2,6H2,1H3;2*1H4. The van der Waals surface area contributed by atoms with Crippen molar-refractivity contribution >= 4 is 0 Å². The average molecular weight is 327 g/mol. The molecule has 0 heteroatoms. The summed E-state index contributed by atoms with van der Waals surface area (Å²) in [6, 6.07) is 10.5. The Kier molecular flexibility index (Phi) is 16.3. The molecule has 0 fully saturated rings. The lowest BCUT2D eigenvalue weighted by molar-refractivity contribution is 1.05. The molecule has 0 heterocycles. The van der Waals surface area contributed by atoms with E-state index in [1.807, 2.05) is 6.07 Å². The molecular formula is C24H38. The Labute approximate surface area is 151 Å². The Morgan fingerprint density at radius 3 is 1.83 bits per heavy atom. The average Bonchev–Trinajstić information content (AvgIpc) is 3.29. The summed E-state index contributed by atoms with van der Waals surface area (Å²) < 4.78 is 0. The van der Waals surface area contributed by atoms with Gasteiger partial charge in [-0.25, -0.2) is 0 Å². The topological polar surface area (TPSA) is 0 Å². The van der Waals surface area contributed by atoms with Crippen LogP contribution in [0.1, 0.15) is 66.9 Å². The second kappa shape index (κ2) is 16.1. The third-order valence-corrected chi connectivity index (χ3v) is 3.81. The van der Waals surface area contributed by atoms with Gasteiger partial charge in [0.15, 0.2) is 0 Å². The van der Waals surface area contributed by atoms with Crippen molar-refractivity contribution in [2.24, 2.45) is 0 Å². The minimum absolute atomic E-state index is 0. The Morgan fingerprint density at radius 2 is 1.54 bits per heavy atom. The van der Waals surface area contributed by atoms with Crippen molar-refractivity contribution in [1.29, 1.82) is 0 Å². The zero-order valence-electron chi connectivity index (χ0n) is 14.4. The monoisotopic (exact) mass is 326 g/mol. The van der Waals surface area contributed by atoms with Crippen molar-refractivity contribution in [2.75, 3.05) is 0 Å². The van der Waals surface area contributed by atoms with E-state index in [0.29, 0.717) is 0 Å². The normalized spacial score (nSPS) is 13.3. The van der Waals surface area contributed by atoms with Crippen LogP contribution in [0.25, 0.3) is 0 Å². The van der Waals surface area contributed by atoms with Gasteiger partial charge in [-0.15, -0.1) is 0 Å². The Morgan fingerprint density at radius 1 is 0.833 bits per heavy atom. The lowest BCUT2D eigenvalue weighted by atomic mass is 10.2. The number of aryl methyl sites for hydroxylation is 1. The van der Waals surface area contributed by atoms with Crippen LogP contribution < -0.4 is 0 Å². The molecule has 3 rings (SSSR count). The highest BCUT2D eigenvalue weighted by Gasteiger charge is 1.92. The first-order chi connectivity index (χ1) is 10.8. The summed E-state index contributed by atoms with van der Waals surface area (Å²) >= 11 is 0. The fourth-order valence-electron chi connectivity index (χ4n) is 2.24. The molecule has 2 aliphatic carbocycles. The quantitative estimate of drug-likeness (QED) is 0.526. The van der Waals surface area contributed by atoms with E-state index in [-0.39, 0.29) is 14.9 Å². The number of allylic oxidation sites excluding steroid dienone is 8. The molecule has 0 bridgehead atoms. The van der Waals surface area contributed by atoms with Crippen molar-refractivity contribution in [2.45, 2.75) is 67.7 Å². The van der Waals surface area contributed by atoms with Gasteiger partial charge in [-0.05, 0) is 37.7 Å². The van der Waals surface area contributed by atoms with Crippen LogP contribution >= 0.6 is 0 Å². The molecule has 1 aromatic carbocycles. The third kappa shape index (κ3) is 10.8. The van der Waals surface area contributed by atoms with Crippen LogP contribution in [0, 0.1) is 0 Å². The lowest BCUT2D eigenvalue weighted by Gasteiger charge is -1.89. The van der Waals surface area contributed by atoms with Crippen molar-refractivity contribution < 1.29 is 0 Å². The van der Waals surface area contributed by atoms with Crippen LogP contribution in [0.15, 0.2) is 77.9 Å². The van der Waals surface area contributed by atoms with Crippen LogP contribution in [0.2, 0.25) is 0 Å². The second-order valence-electron chi connectivity index (χ2n) is 5.42. The molecule has 0 N–H and O–H groups in total. The van der Waals surface area contributed by atoms with Crippen LogP contribution in [0.3, 0.4) is 0 Å². The molecule has 0 amide bonds. The Hall–Kier alpha value is -1.82.